The molecule has 3 heteroatoms. The van der Waals surface area contributed by atoms with Gasteiger partial charge in [0.15, 0.2) is 0 Å². The summed E-state index contributed by atoms with van der Waals surface area (Å²) in [6.45, 7) is 8.70. The van der Waals surface area contributed by atoms with E-state index in [1.165, 1.54) is 11.1 Å². The Labute approximate surface area is 110 Å². The summed E-state index contributed by atoms with van der Waals surface area (Å²) in [6.07, 6.45) is 0. The number of hydrogen-bond acceptors (Lipinski definition) is 2. The molecule has 0 saturated heterocycles. The second kappa shape index (κ2) is 6.55. The zero-order chi connectivity index (χ0) is 13.7. The van der Waals surface area contributed by atoms with E-state index in [1.807, 2.05) is 13.8 Å². The first-order chi connectivity index (χ1) is 8.41. The molecule has 18 heavy (non-hydrogen) atoms. The second-order valence-corrected chi connectivity index (χ2v) is 5.33. The zero-order valence-corrected chi connectivity index (χ0v) is 11.7. The Kier molecular flexibility index (Phi) is 5.35. The third kappa shape index (κ3) is 4.15. The van der Waals surface area contributed by atoms with Crippen LogP contribution in [0.5, 0.6) is 0 Å². The highest BCUT2D eigenvalue weighted by molar-refractivity contribution is 5.81. The minimum Gasteiger partial charge on any atom is -0.354 e. The van der Waals surface area contributed by atoms with Crippen molar-refractivity contribution in [2.75, 3.05) is 6.54 Å². The molecule has 0 heterocycles. The van der Waals surface area contributed by atoms with Crippen LogP contribution in [0.15, 0.2) is 24.3 Å². The Balaban J connectivity index is 2.48. The van der Waals surface area contributed by atoms with Gasteiger partial charge in [0.25, 0.3) is 0 Å². The Hall–Kier alpha value is -1.35. The largest absolute Gasteiger partial charge is 0.354 e. The van der Waals surface area contributed by atoms with Gasteiger partial charge in [-0.2, -0.15) is 0 Å². The maximum absolute atomic E-state index is 11.7. The summed E-state index contributed by atoms with van der Waals surface area (Å²) in [5.74, 6) is 0.401. The number of carbonyl (C=O) groups is 1. The summed E-state index contributed by atoms with van der Waals surface area (Å²) < 4.78 is 0. The molecule has 1 rings (SSSR count). The molecular formula is C15H24N2O. The first kappa shape index (κ1) is 14.7. The van der Waals surface area contributed by atoms with Crippen molar-refractivity contribution >= 4 is 5.91 Å². The number of aryl methyl sites for hydroxylation is 1. The standard InChI is InChI=1S/C15H24N2O/c1-10(2)14(16)15(18)17-9-12(4)13-7-5-11(3)6-8-13/h5-8,10,12,14H,9,16H2,1-4H3,(H,17,18)/t12?,14-/m0/s1. The van der Waals surface area contributed by atoms with Crippen molar-refractivity contribution in [1.29, 1.82) is 0 Å². The highest BCUT2D eigenvalue weighted by Gasteiger charge is 2.17. The maximum Gasteiger partial charge on any atom is 0.237 e. The average molecular weight is 248 g/mol. The molecule has 1 aromatic carbocycles. The normalized spacial score (nSPS) is 14.3. The van der Waals surface area contributed by atoms with Crippen LogP contribution in [0.1, 0.15) is 37.8 Å². The molecule has 0 bridgehead atoms. The van der Waals surface area contributed by atoms with Crippen LogP contribution in [0.2, 0.25) is 0 Å². The Morgan fingerprint density at radius 3 is 2.28 bits per heavy atom. The fourth-order valence-electron chi connectivity index (χ4n) is 1.69. The lowest BCUT2D eigenvalue weighted by molar-refractivity contribution is -0.123. The monoisotopic (exact) mass is 248 g/mol. The molecule has 0 aliphatic carbocycles. The van der Waals surface area contributed by atoms with Gasteiger partial charge in [0.05, 0.1) is 6.04 Å². The van der Waals surface area contributed by atoms with Gasteiger partial charge in [0.2, 0.25) is 5.91 Å². The van der Waals surface area contributed by atoms with Gasteiger partial charge in [-0.25, -0.2) is 0 Å². The molecule has 0 radical (unpaired) electrons. The summed E-state index contributed by atoms with van der Waals surface area (Å²) in [5.41, 5.74) is 8.27. The predicted octanol–water partition coefficient (Wildman–Crippen LogP) is 2.20. The quantitative estimate of drug-likeness (QED) is 0.839. The van der Waals surface area contributed by atoms with Crippen molar-refractivity contribution in [3.05, 3.63) is 35.4 Å². The number of nitrogens with two attached hydrogens (primary N) is 1. The molecule has 0 aliphatic rings. The molecule has 1 aromatic rings. The lowest BCUT2D eigenvalue weighted by Gasteiger charge is -2.18. The summed E-state index contributed by atoms with van der Waals surface area (Å²) >= 11 is 0. The van der Waals surface area contributed by atoms with E-state index < -0.39 is 6.04 Å². The number of nitrogens with one attached hydrogen (secondary N) is 1. The van der Waals surface area contributed by atoms with Gasteiger partial charge in [-0.15, -0.1) is 0 Å². The van der Waals surface area contributed by atoms with Gasteiger partial charge in [-0.3, -0.25) is 4.79 Å². The van der Waals surface area contributed by atoms with E-state index in [-0.39, 0.29) is 11.8 Å². The van der Waals surface area contributed by atoms with Crippen molar-refractivity contribution in [3.8, 4) is 0 Å². The van der Waals surface area contributed by atoms with Crippen LogP contribution in [0, 0.1) is 12.8 Å². The molecule has 2 atom stereocenters. The van der Waals surface area contributed by atoms with Crippen LogP contribution in [0.4, 0.5) is 0 Å². The van der Waals surface area contributed by atoms with Crippen LogP contribution in [-0.4, -0.2) is 18.5 Å². The van der Waals surface area contributed by atoms with Crippen molar-refractivity contribution < 1.29 is 4.79 Å². The molecule has 0 aromatic heterocycles. The van der Waals surface area contributed by atoms with Gasteiger partial charge >= 0.3 is 0 Å². The average Bonchev–Trinajstić information content (AvgIpc) is 2.35. The molecule has 0 spiro atoms. The molecule has 0 saturated carbocycles. The Morgan fingerprint density at radius 2 is 1.78 bits per heavy atom. The maximum atomic E-state index is 11.7. The summed E-state index contributed by atoms with van der Waals surface area (Å²) in [6, 6.07) is 7.97. The Bertz CT molecular complexity index is 384. The molecule has 0 fully saturated rings. The molecule has 3 N–H and O–H groups in total. The van der Waals surface area contributed by atoms with E-state index in [9.17, 15) is 4.79 Å². The van der Waals surface area contributed by atoms with Crippen molar-refractivity contribution in [2.45, 2.75) is 39.7 Å². The molecule has 0 aliphatic heterocycles. The number of rotatable bonds is 5. The van der Waals surface area contributed by atoms with Gasteiger partial charge < -0.3 is 11.1 Å². The van der Waals surface area contributed by atoms with E-state index >= 15 is 0 Å². The highest BCUT2D eigenvalue weighted by atomic mass is 16.2. The highest BCUT2D eigenvalue weighted by Crippen LogP contribution is 2.14. The SMILES string of the molecule is Cc1ccc(C(C)CNC(=O)[C@@H](N)C(C)C)cc1. The fourth-order valence-corrected chi connectivity index (χ4v) is 1.69. The smallest absolute Gasteiger partial charge is 0.237 e. The van der Waals surface area contributed by atoms with Crippen LogP contribution < -0.4 is 11.1 Å². The first-order valence-corrected chi connectivity index (χ1v) is 6.51. The molecule has 100 valence electrons. The molecule has 3 nitrogen and oxygen atoms in total. The van der Waals surface area contributed by atoms with E-state index in [4.69, 9.17) is 5.73 Å². The third-order valence-corrected chi connectivity index (χ3v) is 3.25. The number of benzene rings is 1. The molecule has 1 unspecified atom stereocenters. The summed E-state index contributed by atoms with van der Waals surface area (Å²) in [7, 11) is 0. The van der Waals surface area contributed by atoms with Crippen LogP contribution in [0.3, 0.4) is 0 Å². The zero-order valence-electron chi connectivity index (χ0n) is 11.7. The van der Waals surface area contributed by atoms with Gasteiger partial charge in [0.1, 0.15) is 0 Å². The van der Waals surface area contributed by atoms with Crippen molar-refractivity contribution in [1.82, 2.24) is 5.32 Å². The summed E-state index contributed by atoms with van der Waals surface area (Å²) in [5, 5.41) is 2.91. The fraction of sp³-hybridized carbons (Fsp3) is 0.533. The minimum absolute atomic E-state index is 0.0658. The van der Waals surface area contributed by atoms with Gasteiger partial charge in [0, 0.05) is 6.54 Å². The lowest BCUT2D eigenvalue weighted by atomic mass is 9.99. The predicted molar refractivity (Wildman–Crippen MR) is 75.4 cm³/mol. The van der Waals surface area contributed by atoms with Crippen molar-refractivity contribution in [2.24, 2.45) is 11.7 Å². The minimum atomic E-state index is -0.421. The van der Waals surface area contributed by atoms with Crippen molar-refractivity contribution in [3.63, 3.8) is 0 Å². The van der Waals surface area contributed by atoms with Crippen LogP contribution in [-0.2, 0) is 4.79 Å². The van der Waals surface area contributed by atoms with E-state index in [1.54, 1.807) is 0 Å². The first-order valence-electron chi connectivity index (χ1n) is 6.51. The summed E-state index contributed by atoms with van der Waals surface area (Å²) in [4.78, 5) is 11.7. The molecule has 1 amide bonds. The second-order valence-electron chi connectivity index (χ2n) is 5.33. The van der Waals surface area contributed by atoms with Crippen LogP contribution in [0.25, 0.3) is 0 Å². The van der Waals surface area contributed by atoms with E-state index in [0.29, 0.717) is 12.5 Å². The topological polar surface area (TPSA) is 55.1 Å². The van der Waals surface area contributed by atoms with Crippen LogP contribution >= 0.6 is 0 Å². The molecular weight excluding hydrogens is 224 g/mol. The third-order valence-electron chi connectivity index (χ3n) is 3.25. The van der Waals surface area contributed by atoms with E-state index in [2.05, 4.69) is 43.4 Å². The number of amides is 1. The van der Waals surface area contributed by atoms with Gasteiger partial charge in [-0.05, 0) is 24.3 Å². The van der Waals surface area contributed by atoms with Gasteiger partial charge in [-0.1, -0.05) is 50.6 Å². The van der Waals surface area contributed by atoms with E-state index in [0.717, 1.165) is 0 Å². The lowest BCUT2D eigenvalue weighted by Crippen LogP contribution is -2.44. The number of carbonyl (C=O) groups excluding carboxylic acids is 1. The number of hydrogen-bond donors (Lipinski definition) is 2. The Morgan fingerprint density at radius 1 is 1.22 bits per heavy atom.